The van der Waals surface area contributed by atoms with Crippen LogP contribution in [0, 0.1) is 6.92 Å². The molecule has 0 bridgehead atoms. The lowest BCUT2D eigenvalue weighted by molar-refractivity contribution is 0.178. The van der Waals surface area contributed by atoms with E-state index in [0.29, 0.717) is 12.4 Å². The number of nitrogens with one attached hydrogen (secondary N) is 2. The smallest absolute Gasteiger partial charge is 0.158 e. The highest BCUT2D eigenvalue weighted by atomic mass is 79.9. The minimum Gasteiger partial charge on any atom is -0.377 e. The molecule has 20 heavy (non-hydrogen) atoms. The minimum atomic E-state index is 0.379. The van der Waals surface area contributed by atoms with Gasteiger partial charge in [0.1, 0.15) is 18.2 Å². The van der Waals surface area contributed by atoms with E-state index in [0.717, 1.165) is 27.4 Å². The zero-order chi connectivity index (χ0) is 14.5. The maximum Gasteiger partial charge on any atom is 0.158 e. The number of nitrogens with zero attached hydrogens (tertiary/aromatic N) is 2. The molecule has 0 saturated carbocycles. The Labute approximate surface area is 126 Å². The first-order valence-corrected chi connectivity index (χ1v) is 6.99. The Morgan fingerprint density at radius 2 is 1.95 bits per heavy atom. The summed E-state index contributed by atoms with van der Waals surface area (Å²) in [6, 6.07) is 7.92. The normalized spacial score (nSPS) is 10.4. The zero-order valence-electron chi connectivity index (χ0n) is 11.7. The molecule has 0 saturated heterocycles. The topological polar surface area (TPSA) is 59.1 Å². The van der Waals surface area contributed by atoms with E-state index in [4.69, 9.17) is 4.74 Å². The zero-order valence-corrected chi connectivity index (χ0v) is 13.3. The first kappa shape index (κ1) is 14.7. The molecule has 0 aliphatic heterocycles. The molecular formula is C14H17BrN4O. The number of halogens is 1. The van der Waals surface area contributed by atoms with Crippen LogP contribution in [0.5, 0.6) is 0 Å². The Morgan fingerprint density at radius 1 is 1.20 bits per heavy atom. The number of methoxy groups -OCH3 is 1. The maximum absolute atomic E-state index is 5.08. The van der Waals surface area contributed by atoms with E-state index >= 15 is 0 Å². The first-order valence-electron chi connectivity index (χ1n) is 6.20. The van der Waals surface area contributed by atoms with Crippen molar-refractivity contribution in [3.63, 3.8) is 0 Å². The average Bonchev–Trinajstić information content (AvgIpc) is 2.43. The molecule has 0 fully saturated rings. The van der Waals surface area contributed by atoms with E-state index in [1.54, 1.807) is 7.11 Å². The summed E-state index contributed by atoms with van der Waals surface area (Å²) < 4.78 is 6.17. The summed E-state index contributed by atoms with van der Waals surface area (Å²) in [4.78, 5) is 8.74. The number of anilines is 3. The summed E-state index contributed by atoms with van der Waals surface area (Å²) >= 11 is 3.49. The van der Waals surface area contributed by atoms with Gasteiger partial charge in [0.25, 0.3) is 0 Å². The molecule has 2 N–H and O–H groups in total. The van der Waals surface area contributed by atoms with Crippen molar-refractivity contribution in [2.75, 3.05) is 24.8 Å². The van der Waals surface area contributed by atoms with Crippen LogP contribution in [0.3, 0.4) is 0 Å². The van der Waals surface area contributed by atoms with Crippen molar-refractivity contribution < 1.29 is 4.74 Å². The highest BCUT2D eigenvalue weighted by Crippen LogP contribution is 2.23. The molecule has 0 amide bonds. The third-order valence-corrected chi connectivity index (χ3v) is 3.62. The van der Waals surface area contributed by atoms with E-state index < -0.39 is 0 Å². The minimum absolute atomic E-state index is 0.379. The van der Waals surface area contributed by atoms with Gasteiger partial charge < -0.3 is 15.4 Å². The van der Waals surface area contributed by atoms with Gasteiger partial charge in [-0.2, -0.15) is 0 Å². The van der Waals surface area contributed by atoms with Gasteiger partial charge in [-0.05, 0) is 30.7 Å². The van der Waals surface area contributed by atoms with Crippen molar-refractivity contribution >= 4 is 33.3 Å². The number of hydrogen-bond acceptors (Lipinski definition) is 5. The van der Waals surface area contributed by atoms with Crippen molar-refractivity contribution in [3.8, 4) is 0 Å². The number of benzene rings is 1. The molecule has 6 heteroatoms. The van der Waals surface area contributed by atoms with Crippen LogP contribution in [0.15, 0.2) is 28.7 Å². The van der Waals surface area contributed by atoms with E-state index in [-0.39, 0.29) is 0 Å². The molecule has 0 radical (unpaired) electrons. The number of aromatic nitrogens is 2. The van der Waals surface area contributed by atoms with Crippen LogP contribution < -0.4 is 10.6 Å². The molecule has 2 aromatic rings. The van der Waals surface area contributed by atoms with Gasteiger partial charge in [0.15, 0.2) is 5.82 Å². The van der Waals surface area contributed by atoms with Gasteiger partial charge >= 0.3 is 0 Å². The molecule has 0 aliphatic rings. The molecule has 0 unspecified atom stereocenters. The van der Waals surface area contributed by atoms with Crippen LogP contribution >= 0.6 is 15.9 Å². The summed E-state index contributed by atoms with van der Waals surface area (Å²) in [6.07, 6.45) is 0. The van der Waals surface area contributed by atoms with Crippen LogP contribution in [0.2, 0.25) is 0 Å². The third kappa shape index (κ3) is 3.68. The van der Waals surface area contributed by atoms with Crippen LogP contribution in [-0.2, 0) is 11.3 Å². The Bertz CT molecular complexity index is 604. The van der Waals surface area contributed by atoms with Crippen molar-refractivity contribution in [1.82, 2.24) is 9.97 Å². The van der Waals surface area contributed by atoms with Gasteiger partial charge in [0.05, 0.1) is 0 Å². The fourth-order valence-corrected chi connectivity index (χ4v) is 2.00. The van der Waals surface area contributed by atoms with Gasteiger partial charge in [-0.25, -0.2) is 9.97 Å². The summed E-state index contributed by atoms with van der Waals surface area (Å²) in [5.74, 6) is 2.12. The SMILES string of the molecule is CNc1cc(Nc2ccc(Br)c(C)c2)nc(COC)n1. The molecule has 106 valence electrons. The molecule has 2 rings (SSSR count). The number of ether oxygens (including phenoxy) is 1. The Hall–Kier alpha value is -1.66. The van der Waals surface area contributed by atoms with E-state index in [9.17, 15) is 0 Å². The molecule has 0 spiro atoms. The summed E-state index contributed by atoms with van der Waals surface area (Å²) in [5, 5.41) is 6.30. The predicted molar refractivity (Wildman–Crippen MR) is 84.5 cm³/mol. The van der Waals surface area contributed by atoms with Crippen molar-refractivity contribution in [1.29, 1.82) is 0 Å². The summed E-state index contributed by atoms with van der Waals surface area (Å²) in [6.45, 7) is 2.42. The van der Waals surface area contributed by atoms with E-state index in [2.05, 4.69) is 42.6 Å². The molecule has 1 aromatic carbocycles. The Morgan fingerprint density at radius 3 is 2.60 bits per heavy atom. The van der Waals surface area contributed by atoms with Crippen LogP contribution in [0.25, 0.3) is 0 Å². The third-order valence-electron chi connectivity index (χ3n) is 2.73. The Kier molecular flexibility index (Phi) is 4.92. The van der Waals surface area contributed by atoms with Crippen molar-refractivity contribution in [2.45, 2.75) is 13.5 Å². The lowest BCUT2D eigenvalue weighted by atomic mass is 10.2. The molecule has 1 heterocycles. The van der Waals surface area contributed by atoms with Gasteiger partial charge in [0, 0.05) is 30.4 Å². The monoisotopic (exact) mass is 336 g/mol. The first-order chi connectivity index (χ1) is 9.62. The highest BCUT2D eigenvalue weighted by molar-refractivity contribution is 9.10. The lowest BCUT2D eigenvalue weighted by Crippen LogP contribution is -2.04. The quantitative estimate of drug-likeness (QED) is 0.875. The Balaban J connectivity index is 2.27. The lowest BCUT2D eigenvalue weighted by Gasteiger charge is -2.10. The summed E-state index contributed by atoms with van der Waals surface area (Å²) in [5.41, 5.74) is 2.14. The number of rotatable bonds is 5. The van der Waals surface area contributed by atoms with Crippen LogP contribution in [0.1, 0.15) is 11.4 Å². The second-order valence-electron chi connectivity index (χ2n) is 4.33. The molecule has 0 atom stereocenters. The van der Waals surface area contributed by atoms with Gasteiger partial charge in [-0.3, -0.25) is 0 Å². The number of aryl methyl sites for hydroxylation is 1. The van der Waals surface area contributed by atoms with Gasteiger partial charge in [-0.1, -0.05) is 15.9 Å². The van der Waals surface area contributed by atoms with Gasteiger partial charge in [0.2, 0.25) is 0 Å². The fourth-order valence-electron chi connectivity index (χ4n) is 1.75. The maximum atomic E-state index is 5.08. The second kappa shape index (κ2) is 6.67. The van der Waals surface area contributed by atoms with E-state index in [1.165, 1.54) is 0 Å². The fraction of sp³-hybridized carbons (Fsp3) is 0.286. The predicted octanol–water partition coefficient (Wildman–Crippen LogP) is 3.48. The van der Waals surface area contributed by atoms with Crippen molar-refractivity contribution in [2.24, 2.45) is 0 Å². The van der Waals surface area contributed by atoms with Gasteiger partial charge in [-0.15, -0.1) is 0 Å². The molecular weight excluding hydrogens is 320 g/mol. The van der Waals surface area contributed by atoms with Crippen LogP contribution in [-0.4, -0.2) is 24.1 Å². The number of hydrogen-bond donors (Lipinski definition) is 2. The van der Waals surface area contributed by atoms with E-state index in [1.807, 2.05) is 32.2 Å². The molecule has 0 aliphatic carbocycles. The highest BCUT2D eigenvalue weighted by Gasteiger charge is 2.05. The summed E-state index contributed by atoms with van der Waals surface area (Å²) in [7, 11) is 3.45. The largest absolute Gasteiger partial charge is 0.377 e. The average molecular weight is 337 g/mol. The standard InChI is InChI=1S/C14H17BrN4O/c1-9-6-10(4-5-11(9)15)17-13-7-12(16-2)18-14(19-13)8-20-3/h4-7H,8H2,1-3H3,(H2,16,17,18,19). The van der Waals surface area contributed by atoms with Crippen molar-refractivity contribution in [3.05, 3.63) is 40.1 Å². The van der Waals surface area contributed by atoms with Crippen LogP contribution in [0.4, 0.5) is 17.3 Å². The molecule has 1 aromatic heterocycles. The molecule has 5 nitrogen and oxygen atoms in total. The second-order valence-corrected chi connectivity index (χ2v) is 5.18.